The van der Waals surface area contributed by atoms with Crippen LogP contribution in [0.1, 0.15) is 0 Å². The zero-order valence-electron chi connectivity index (χ0n) is 5.77. The molecule has 0 bridgehead atoms. The molecule has 0 fully saturated rings. The predicted molar refractivity (Wildman–Crippen MR) is 45.2 cm³/mol. The van der Waals surface area contributed by atoms with Gasteiger partial charge in [0, 0.05) is 6.07 Å². The lowest BCUT2D eigenvalue weighted by Crippen LogP contribution is -1.95. The maximum atomic E-state index is 5.60. The normalized spacial score (nSPS) is 9.73. The summed E-state index contributed by atoms with van der Waals surface area (Å²) in [4.78, 5) is 3.71. The van der Waals surface area contributed by atoms with Crippen molar-refractivity contribution in [2.45, 2.75) is 0 Å². The van der Waals surface area contributed by atoms with Crippen LogP contribution in [-0.4, -0.2) is 12.1 Å². The van der Waals surface area contributed by atoms with E-state index in [4.69, 9.17) is 33.7 Å². The van der Waals surface area contributed by atoms with Crippen LogP contribution in [-0.2, 0) is 0 Å². The zero-order chi connectivity index (χ0) is 8.43. The molecule has 60 valence electrons. The Hall–Kier alpha value is -0.670. The van der Waals surface area contributed by atoms with Crippen LogP contribution in [0, 0.1) is 0 Å². The zero-order valence-corrected chi connectivity index (χ0v) is 7.28. The van der Waals surface area contributed by atoms with Crippen molar-refractivity contribution in [1.82, 2.24) is 4.98 Å². The number of aromatic nitrogens is 1. The Morgan fingerprint density at radius 1 is 1.55 bits per heavy atom. The van der Waals surface area contributed by atoms with Gasteiger partial charge in [0.25, 0.3) is 0 Å². The molecule has 0 aromatic carbocycles. The lowest BCUT2D eigenvalue weighted by molar-refractivity contribution is 0.416. The number of methoxy groups -OCH3 is 1. The summed E-state index contributed by atoms with van der Waals surface area (Å²) in [5.41, 5.74) is 5.79. The number of pyridine rings is 1. The van der Waals surface area contributed by atoms with Crippen molar-refractivity contribution < 1.29 is 4.74 Å². The smallest absolute Gasteiger partial charge is 0.157 e. The predicted octanol–water partition coefficient (Wildman–Crippen LogP) is 1.98. The van der Waals surface area contributed by atoms with Gasteiger partial charge in [-0.05, 0) is 0 Å². The number of halogens is 2. The quantitative estimate of drug-likeness (QED) is 0.693. The highest BCUT2D eigenvalue weighted by atomic mass is 35.5. The number of nitrogen functional groups attached to an aromatic ring is 1. The highest BCUT2D eigenvalue weighted by Gasteiger charge is 2.06. The summed E-state index contributed by atoms with van der Waals surface area (Å²) >= 11 is 11.2. The molecule has 0 aliphatic heterocycles. The van der Waals surface area contributed by atoms with Gasteiger partial charge in [-0.3, -0.25) is 0 Å². The fraction of sp³-hybridized carbons (Fsp3) is 0.167. The van der Waals surface area contributed by atoms with Crippen molar-refractivity contribution in [1.29, 1.82) is 0 Å². The first-order valence-corrected chi connectivity index (χ1v) is 3.56. The fourth-order valence-electron chi connectivity index (χ4n) is 0.643. The van der Waals surface area contributed by atoms with Crippen molar-refractivity contribution >= 4 is 28.9 Å². The van der Waals surface area contributed by atoms with E-state index < -0.39 is 0 Å². The maximum absolute atomic E-state index is 5.60. The van der Waals surface area contributed by atoms with E-state index in [9.17, 15) is 0 Å². The van der Waals surface area contributed by atoms with Gasteiger partial charge in [0.05, 0.1) is 7.11 Å². The number of anilines is 1. The molecule has 5 heteroatoms. The van der Waals surface area contributed by atoms with Gasteiger partial charge in [-0.25, -0.2) is 4.98 Å². The second-order valence-electron chi connectivity index (χ2n) is 1.85. The maximum Gasteiger partial charge on any atom is 0.157 e. The van der Waals surface area contributed by atoms with E-state index >= 15 is 0 Å². The fourth-order valence-corrected chi connectivity index (χ4v) is 1.05. The Bertz CT molecular complexity index is 278. The van der Waals surface area contributed by atoms with E-state index in [1.54, 1.807) is 0 Å². The largest absolute Gasteiger partial charge is 0.494 e. The van der Waals surface area contributed by atoms with E-state index in [-0.39, 0.29) is 10.3 Å². The molecule has 0 spiro atoms. The topological polar surface area (TPSA) is 48.1 Å². The van der Waals surface area contributed by atoms with Crippen molar-refractivity contribution in [2.75, 3.05) is 12.8 Å². The standard InChI is InChI=1S/C6H6Cl2N2O/c1-11-3-2-4(7)10-6(8)5(3)9/h2H,9H2,1H3. The monoisotopic (exact) mass is 192 g/mol. The highest BCUT2D eigenvalue weighted by Crippen LogP contribution is 2.29. The Labute approximate surface area is 74.1 Å². The van der Waals surface area contributed by atoms with Crippen molar-refractivity contribution in [2.24, 2.45) is 0 Å². The summed E-state index contributed by atoms with van der Waals surface area (Å²) in [5, 5.41) is 0.426. The lowest BCUT2D eigenvalue weighted by atomic mass is 10.4. The Balaban J connectivity index is 3.24. The van der Waals surface area contributed by atoms with E-state index in [1.807, 2.05) is 0 Å². The summed E-state index contributed by atoms with van der Waals surface area (Å²) in [6.45, 7) is 0. The first kappa shape index (κ1) is 8.43. The van der Waals surface area contributed by atoms with Gasteiger partial charge in [0.1, 0.15) is 16.6 Å². The Kier molecular flexibility index (Phi) is 2.42. The molecule has 11 heavy (non-hydrogen) atoms. The van der Waals surface area contributed by atoms with Gasteiger partial charge < -0.3 is 10.5 Å². The molecule has 3 nitrogen and oxygen atoms in total. The van der Waals surface area contributed by atoms with Gasteiger partial charge in [-0.1, -0.05) is 23.2 Å². The number of nitrogens with zero attached hydrogens (tertiary/aromatic N) is 1. The van der Waals surface area contributed by atoms with Crippen molar-refractivity contribution in [3.8, 4) is 5.75 Å². The summed E-state index contributed by atoms with van der Waals surface area (Å²) in [6.07, 6.45) is 0. The molecule has 1 heterocycles. The molecule has 1 rings (SSSR count). The molecule has 0 aliphatic carbocycles. The molecule has 0 amide bonds. The SMILES string of the molecule is COc1cc(Cl)nc(Cl)c1N. The number of hydrogen-bond donors (Lipinski definition) is 1. The van der Waals surface area contributed by atoms with Gasteiger partial charge in [-0.2, -0.15) is 0 Å². The first-order chi connectivity index (χ1) is 5.15. The third-order valence-corrected chi connectivity index (χ3v) is 1.64. The van der Waals surface area contributed by atoms with Crippen LogP contribution in [0.25, 0.3) is 0 Å². The van der Waals surface area contributed by atoms with Crippen LogP contribution in [0.5, 0.6) is 5.75 Å². The van der Waals surface area contributed by atoms with Crippen LogP contribution in [0.4, 0.5) is 5.69 Å². The van der Waals surface area contributed by atoms with E-state index in [1.165, 1.54) is 13.2 Å². The van der Waals surface area contributed by atoms with Gasteiger partial charge >= 0.3 is 0 Å². The second-order valence-corrected chi connectivity index (χ2v) is 2.60. The first-order valence-electron chi connectivity index (χ1n) is 2.80. The van der Waals surface area contributed by atoms with Crippen LogP contribution in [0.3, 0.4) is 0 Å². The average Bonchev–Trinajstić information content (AvgIpc) is 1.96. The minimum atomic E-state index is 0.161. The minimum absolute atomic E-state index is 0.161. The molecule has 0 aliphatic rings. The third kappa shape index (κ3) is 1.67. The summed E-state index contributed by atoms with van der Waals surface area (Å²) in [5.74, 6) is 0.440. The second kappa shape index (κ2) is 3.15. The minimum Gasteiger partial charge on any atom is -0.494 e. The highest BCUT2D eigenvalue weighted by molar-refractivity contribution is 6.34. The van der Waals surface area contributed by atoms with Crippen molar-refractivity contribution in [3.05, 3.63) is 16.4 Å². The lowest BCUT2D eigenvalue weighted by Gasteiger charge is -2.04. The Morgan fingerprint density at radius 3 is 2.73 bits per heavy atom. The molecule has 0 saturated carbocycles. The molecule has 1 aromatic rings. The number of nitrogens with two attached hydrogens (primary N) is 1. The van der Waals surface area contributed by atoms with Crippen LogP contribution >= 0.6 is 23.2 Å². The third-order valence-electron chi connectivity index (χ3n) is 1.16. The molecular formula is C6H6Cl2N2O. The van der Waals surface area contributed by atoms with E-state index in [0.717, 1.165) is 0 Å². The molecular weight excluding hydrogens is 187 g/mol. The summed E-state index contributed by atoms with van der Waals surface area (Å²) < 4.78 is 4.87. The molecule has 0 unspecified atom stereocenters. The number of ether oxygens (including phenoxy) is 1. The average molecular weight is 193 g/mol. The molecule has 1 aromatic heterocycles. The Morgan fingerprint density at radius 2 is 2.18 bits per heavy atom. The summed E-state index contributed by atoms with van der Waals surface area (Å²) in [7, 11) is 1.48. The molecule has 0 saturated heterocycles. The summed E-state index contributed by atoms with van der Waals surface area (Å²) in [6, 6.07) is 1.50. The van der Waals surface area contributed by atoms with E-state index in [0.29, 0.717) is 11.4 Å². The van der Waals surface area contributed by atoms with Crippen LogP contribution in [0.2, 0.25) is 10.3 Å². The van der Waals surface area contributed by atoms with Gasteiger partial charge in [-0.15, -0.1) is 0 Å². The molecule has 0 radical (unpaired) electrons. The van der Waals surface area contributed by atoms with Crippen LogP contribution < -0.4 is 10.5 Å². The molecule has 0 atom stereocenters. The van der Waals surface area contributed by atoms with Crippen LogP contribution in [0.15, 0.2) is 6.07 Å². The van der Waals surface area contributed by atoms with Gasteiger partial charge in [0.2, 0.25) is 0 Å². The number of hydrogen-bond acceptors (Lipinski definition) is 3. The van der Waals surface area contributed by atoms with E-state index in [2.05, 4.69) is 4.98 Å². The molecule has 2 N–H and O–H groups in total. The van der Waals surface area contributed by atoms with Gasteiger partial charge in [0.15, 0.2) is 5.15 Å². The number of rotatable bonds is 1. The van der Waals surface area contributed by atoms with Crippen molar-refractivity contribution in [3.63, 3.8) is 0 Å².